The molecular weight excluding hydrogens is 276 g/mol. The van der Waals surface area contributed by atoms with Crippen LogP contribution in [0, 0.1) is 6.92 Å². The summed E-state index contributed by atoms with van der Waals surface area (Å²) >= 11 is 0. The molecule has 0 radical (unpaired) electrons. The first-order valence-corrected chi connectivity index (χ1v) is 8.15. The second kappa shape index (κ2) is 6.70. The minimum atomic E-state index is -3.70. The van der Waals surface area contributed by atoms with Crippen LogP contribution in [0.15, 0.2) is 29.2 Å². The van der Waals surface area contributed by atoms with Gasteiger partial charge in [-0.15, -0.1) is 0 Å². The average Bonchev–Trinajstić information content (AvgIpc) is 2.26. The zero-order valence-corrected chi connectivity index (χ0v) is 13.7. The number of benzene rings is 1. The summed E-state index contributed by atoms with van der Waals surface area (Å²) in [4.78, 5) is 0.187. The highest BCUT2D eigenvalue weighted by Crippen LogP contribution is 2.17. The molecule has 0 spiro atoms. The summed E-state index contributed by atoms with van der Waals surface area (Å²) in [5.41, 5.74) is 0.783. The molecule has 1 aromatic carbocycles. The van der Waals surface area contributed by atoms with E-state index in [-0.39, 0.29) is 10.5 Å². The van der Waals surface area contributed by atoms with Crippen molar-refractivity contribution < 1.29 is 17.3 Å². The van der Waals surface area contributed by atoms with Crippen LogP contribution >= 0.6 is 0 Å². The van der Waals surface area contributed by atoms with E-state index < -0.39 is 16.2 Å². The molecule has 0 aliphatic carbocycles. The summed E-state index contributed by atoms with van der Waals surface area (Å²) in [5.74, 6) is 0. The molecule has 5 heteroatoms. The first-order valence-electron chi connectivity index (χ1n) is 6.74. The van der Waals surface area contributed by atoms with Crippen LogP contribution in [0.4, 0.5) is 0 Å². The zero-order chi connectivity index (χ0) is 15.4. The van der Waals surface area contributed by atoms with Gasteiger partial charge in [0.15, 0.2) is 0 Å². The Morgan fingerprint density at radius 2 is 1.70 bits per heavy atom. The number of hydrogen-bond acceptors (Lipinski definition) is 4. The van der Waals surface area contributed by atoms with Gasteiger partial charge in [-0.2, -0.15) is 8.42 Å². The summed E-state index contributed by atoms with van der Waals surface area (Å²) < 4.78 is 34.8. The van der Waals surface area contributed by atoms with Crippen molar-refractivity contribution in [2.24, 2.45) is 0 Å². The molecule has 1 unspecified atom stereocenters. The van der Waals surface area contributed by atoms with Crippen LogP contribution in [-0.4, -0.2) is 26.7 Å². The topological polar surface area (TPSA) is 52.6 Å². The lowest BCUT2D eigenvalue weighted by molar-refractivity contribution is -0.0136. The summed E-state index contributed by atoms with van der Waals surface area (Å²) in [7, 11) is -3.70. The Morgan fingerprint density at radius 1 is 1.15 bits per heavy atom. The van der Waals surface area contributed by atoms with E-state index in [1.165, 1.54) is 0 Å². The second-order valence-electron chi connectivity index (χ2n) is 5.92. The molecule has 0 aliphatic rings. The van der Waals surface area contributed by atoms with Crippen molar-refractivity contribution in [1.82, 2.24) is 0 Å². The Labute approximate surface area is 122 Å². The van der Waals surface area contributed by atoms with Crippen LogP contribution in [0.3, 0.4) is 0 Å². The molecule has 20 heavy (non-hydrogen) atoms. The lowest BCUT2D eigenvalue weighted by atomic mass is 10.2. The highest BCUT2D eigenvalue weighted by Gasteiger charge is 2.19. The van der Waals surface area contributed by atoms with Crippen molar-refractivity contribution in [1.29, 1.82) is 0 Å². The molecule has 0 saturated carbocycles. The van der Waals surface area contributed by atoms with Crippen LogP contribution in [-0.2, 0) is 19.0 Å². The average molecular weight is 300 g/mol. The quantitative estimate of drug-likeness (QED) is 0.756. The fraction of sp³-hybridized carbons (Fsp3) is 0.600. The minimum absolute atomic E-state index is 0.187. The standard InChI is InChI=1S/C15H24O4S/c1-12-6-8-14(9-7-12)20(16,17)19-13(2)10-11-18-15(3,4)5/h6-9,13H,10-11H2,1-5H3. The lowest BCUT2D eigenvalue weighted by Gasteiger charge is -2.21. The fourth-order valence-electron chi connectivity index (χ4n) is 1.56. The predicted octanol–water partition coefficient (Wildman–Crippen LogP) is 3.29. The summed E-state index contributed by atoms with van der Waals surface area (Å²) in [5, 5.41) is 0. The molecule has 0 amide bonds. The summed E-state index contributed by atoms with van der Waals surface area (Å²) in [6, 6.07) is 6.62. The van der Waals surface area contributed by atoms with Gasteiger partial charge in [0, 0.05) is 6.61 Å². The lowest BCUT2D eigenvalue weighted by Crippen LogP contribution is -2.23. The maximum Gasteiger partial charge on any atom is 0.297 e. The van der Waals surface area contributed by atoms with Crippen molar-refractivity contribution in [3.8, 4) is 0 Å². The predicted molar refractivity (Wildman–Crippen MR) is 79.2 cm³/mol. The van der Waals surface area contributed by atoms with Gasteiger partial charge in [-0.05, 0) is 53.2 Å². The van der Waals surface area contributed by atoms with Crippen LogP contribution in [0.5, 0.6) is 0 Å². The molecule has 1 aromatic rings. The smallest absolute Gasteiger partial charge is 0.297 e. The van der Waals surface area contributed by atoms with Crippen LogP contribution in [0.1, 0.15) is 39.7 Å². The van der Waals surface area contributed by atoms with Gasteiger partial charge in [0.1, 0.15) is 0 Å². The van der Waals surface area contributed by atoms with Crippen LogP contribution in [0.2, 0.25) is 0 Å². The maximum absolute atomic E-state index is 12.1. The Balaban J connectivity index is 2.56. The van der Waals surface area contributed by atoms with E-state index in [0.717, 1.165) is 5.56 Å². The van der Waals surface area contributed by atoms with Crippen LogP contribution in [0.25, 0.3) is 0 Å². The first kappa shape index (κ1) is 17.1. The van der Waals surface area contributed by atoms with E-state index in [0.29, 0.717) is 13.0 Å². The molecule has 0 N–H and O–H groups in total. The Kier molecular flexibility index (Phi) is 5.74. The van der Waals surface area contributed by atoms with Gasteiger partial charge in [0.05, 0.1) is 16.6 Å². The highest BCUT2D eigenvalue weighted by molar-refractivity contribution is 7.86. The Bertz CT molecular complexity index is 512. The third kappa shape index (κ3) is 6.03. The first-order chi connectivity index (χ1) is 9.10. The molecule has 0 fully saturated rings. The third-order valence-corrected chi connectivity index (χ3v) is 4.09. The van der Waals surface area contributed by atoms with E-state index in [1.54, 1.807) is 31.2 Å². The van der Waals surface area contributed by atoms with Crippen molar-refractivity contribution in [2.75, 3.05) is 6.61 Å². The number of ether oxygens (including phenoxy) is 1. The number of aryl methyl sites for hydroxylation is 1. The SMILES string of the molecule is Cc1ccc(S(=O)(=O)OC(C)CCOC(C)(C)C)cc1. The molecule has 4 nitrogen and oxygen atoms in total. The van der Waals surface area contributed by atoms with E-state index in [2.05, 4.69) is 0 Å². The minimum Gasteiger partial charge on any atom is -0.376 e. The molecule has 0 saturated heterocycles. The fourth-order valence-corrected chi connectivity index (χ4v) is 2.67. The third-order valence-electron chi connectivity index (χ3n) is 2.66. The van der Waals surface area contributed by atoms with Crippen molar-refractivity contribution in [2.45, 2.75) is 57.6 Å². The van der Waals surface area contributed by atoms with Gasteiger partial charge in [-0.1, -0.05) is 17.7 Å². The maximum atomic E-state index is 12.1. The largest absolute Gasteiger partial charge is 0.376 e. The van der Waals surface area contributed by atoms with Gasteiger partial charge < -0.3 is 4.74 Å². The van der Waals surface area contributed by atoms with Gasteiger partial charge in [0.2, 0.25) is 0 Å². The van der Waals surface area contributed by atoms with Crippen molar-refractivity contribution >= 4 is 10.1 Å². The van der Waals surface area contributed by atoms with E-state index in [4.69, 9.17) is 8.92 Å². The molecule has 1 rings (SSSR count). The molecule has 0 bridgehead atoms. The molecular formula is C15H24O4S. The Hall–Kier alpha value is -0.910. The van der Waals surface area contributed by atoms with E-state index in [9.17, 15) is 8.42 Å². The molecule has 0 aliphatic heterocycles. The van der Waals surface area contributed by atoms with Gasteiger partial charge in [0.25, 0.3) is 10.1 Å². The number of rotatable bonds is 6. The molecule has 114 valence electrons. The van der Waals surface area contributed by atoms with Gasteiger partial charge >= 0.3 is 0 Å². The van der Waals surface area contributed by atoms with E-state index in [1.807, 2.05) is 27.7 Å². The number of hydrogen-bond donors (Lipinski definition) is 0. The Morgan fingerprint density at radius 3 is 2.20 bits per heavy atom. The highest BCUT2D eigenvalue weighted by atomic mass is 32.2. The summed E-state index contributed by atoms with van der Waals surface area (Å²) in [6.07, 6.45) is 0.117. The normalized spacial score (nSPS) is 14.2. The van der Waals surface area contributed by atoms with Crippen LogP contribution < -0.4 is 0 Å². The summed E-state index contributed by atoms with van der Waals surface area (Å²) in [6.45, 7) is 9.99. The van der Waals surface area contributed by atoms with Crippen molar-refractivity contribution in [3.05, 3.63) is 29.8 Å². The molecule has 0 aromatic heterocycles. The monoisotopic (exact) mass is 300 g/mol. The van der Waals surface area contributed by atoms with E-state index >= 15 is 0 Å². The zero-order valence-electron chi connectivity index (χ0n) is 12.8. The molecule has 0 heterocycles. The van der Waals surface area contributed by atoms with Crippen molar-refractivity contribution in [3.63, 3.8) is 0 Å². The van der Waals surface area contributed by atoms with Gasteiger partial charge in [-0.25, -0.2) is 0 Å². The van der Waals surface area contributed by atoms with Gasteiger partial charge in [-0.3, -0.25) is 4.18 Å². The second-order valence-corrected chi connectivity index (χ2v) is 7.50. The molecule has 1 atom stereocenters.